The fraction of sp³-hybridized carbons (Fsp3) is 0.333. The van der Waals surface area contributed by atoms with Crippen LogP contribution in [-0.2, 0) is 13.6 Å². The van der Waals surface area contributed by atoms with E-state index < -0.39 is 11.1 Å². The second-order valence-electron chi connectivity index (χ2n) is 4.07. The monoisotopic (exact) mass is 261 g/mol. The zero-order valence-corrected chi connectivity index (χ0v) is 10.8. The Labute approximate surface area is 109 Å². The van der Waals surface area contributed by atoms with Gasteiger partial charge in [0.15, 0.2) is 0 Å². The molecular weight excluding hydrogens is 246 g/mol. The van der Waals surface area contributed by atoms with Crippen molar-refractivity contribution in [3.63, 3.8) is 0 Å². The molecule has 0 bridgehead atoms. The molecule has 100 valence electrons. The Morgan fingerprint density at radius 1 is 1.16 bits per heavy atom. The van der Waals surface area contributed by atoms with E-state index >= 15 is 0 Å². The van der Waals surface area contributed by atoms with Crippen molar-refractivity contribution in [3.8, 4) is 0 Å². The van der Waals surface area contributed by atoms with Gasteiger partial charge in [0.05, 0.1) is 24.6 Å². The van der Waals surface area contributed by atoms with Gasteiger partial charge < -0.3 is 14.5 Å². The molecule has 0 saturated heterocycles. The first kappa shape index (κ1) is 13.0. The number of hydrogen-bond acceptors (Lipinski definition) is 5. The molecule has 1 N–H and O–H groups in total. The Morgan fingerprint density at radius 2 is 1.95 bits per heavy atom. The molecule has 2 rings (SSSR count). The summed E-state index contributed by atoms with van der Waals surface area (Å²) in [5, 5.41) is 3.03. The fourth-order valence-electron chi connectivity index (χ4n) is 1.60. The Morgan fingerprint density at radius 3 is 2.58 bits per heavy atom. The quantitative estimate of drug-likeness (QED) is 0.772. The maximum absolute atomic E-state index is 11.7. The van der Waals surface area contributed by atoms with Crippen LogP contribution < -0.4 is 16.4 Å². The van der Waals surface area contributed by atoms with Crippen LogP contribution in [0.1, 0.15) is 12.6 Å². The first-order valence-electron chi connectivity index (χ1n) is 5.92. The number of nitrogens with one attached hydrogen (secondary N) is 1. The van der Waals surface area contributed by atoms with E-state index in [1.807, 2.05) is 6.92 Å². The number of anilines is 1. The van der Waals surface area contributed by atoms with Gasteiger partial charge in [0, 0.05) is 26.0 Å². The maximum atomic E-state index is 11.7. The lowest BCUT2D eigenvalue weighted by molar-refractivity contribution is 0.682. The standard InChI is InChI=1S/C12H15N5O2/c1-3-13-10-7-14-9(6-15-10)8-17-5-4-16(2)11(18)12(17)19/h4-7H,3,8H2,1-2H3,(H,13,15). The minimum Gasteiger partial charge on any atom is -0.369 e. The molecule has 0 aliphatic carbocycles. The smallest absolute Gasteiger partial charge is 0.316 e. The Bertz CT molecular complexity index is 672. The van der Waals surface area contributed by atoms with Gasteiger partial charge in [-0.15, -0.1) is 0 Å². The van der Waals surface area contributed by atoms with Gasteiger partial charge in [-0.25, -0.2) is 4.98 Å². The van der Waals surface area contributed by atoms with Crippen molar-refractivity contribution in [2.75, 3.05) is 11.9 Å². The van der Waals surface area contributed by atoms with Gasteiger partial charge >= 0.3 is 11.1 Å². The largest absolute Gasteiger partial charge is 0.369 e. The van der Waals surface area contributed by atoms with Crippen LogP contribution in [0.25, 0.3) is 0 Å². The molecule has 0 unspecified atom stereocenters. The highest BCUT2D eigenvalue weighted by molar-refractivity contribution is 5.30. The summed E-state index contributed by atoms with van der Waals surface area (Å²) in [5.41, 5.74) is -0.501. The second-order valence-corrected chi connectivity index (χ2v) is 4.07. The molecule has 2 heterocycles. The molecule has 0 aliphatic rings. The summed E-state index contributed by atoms with van der Waals surface area (Å²) in [6.45, 7) is 2.96. The van der Waals surface area contributed by atoms with E-state index in [9.17, 15) is 9.59 Å². The summed E-state index contributed by atoms with van der Waals surface area (Å²) in [5.74, 6) is 0.683. The lowest BCUT2D eigenvalue weighted by Gasteiger charge is -2.06. The molecule has 19 heavy (non-hydrogen) atoms. The fourth-order valence-corrected chi connectivity index (χ4v) is 1.60. The van der Waals surface area contributed by atoms with Crippen LogP contribution in [0.15, 0.2) is 34.4 Å². The molecule has 0 spiro atoms. The second kappa shape index (κ2) is 5.47. The molecule has 2 aromatic rings. The Balaban J connectivity index is 2.24. The molecule has 0 saturated carbocycles. The van der Waals surface area contributed by atoms with E-state index in [-0.39, 0.29) is 6.54 Å². The van der Waals surface area contributed by atoms with Crippen molar-refractivity contribution in [1.82, 2.24) is 19.1 Å². The van der Waals surface area contributed by atoms with Gasteiger partial charge in [-0.2, -0.15) is 0 Å². The summed E-state index contributed by atoms with van der Waals surface area (Å²) in [4.78, 5) is 31.6. The van der Waals surface area contributed by atoms with Crippen LogP contribution in [0.4, 0.5) is 5.82 Å². The molecular formula is C12H15N5O2. The van der Waals surface area contributed by atoms with E-state index in [0.29, 0.717) is 11.5 Å². The highest BCUT2D eigenvalue weighted by atomic mass is 16.2. The normalized spacial score (nSPS) is 10.4. The van der Waals surface area contributed by atoms with Gasteiger partial charge in [0.25, 0.3) is 0 Å². The molecule has 7 nitrogen and oxygen atoms in total. The van der Waals surface area contributed by atoms with E-state index in [0.717, 1.165) is 6.54 Å². The molecule has 0 radical (unpaired) electrons. The minimum absolute atomic E-state index is 0.230. The van der Waals surface area contributed by atoms with Crippen molar-refractivity contribution in [2.24, 2.45) is 7.05 Å². The molecule has 7 heteroatoms. The molecule has 0 atom stereocenters. The van der Waals surface area contributed by atoms with Gasteiger partial charge in [-0.05, 0) is 6.92 Å². The highest BCUT2D eigenvalue weighted by Crippen LogP contribution is 2.01. The van der Waals surface area contributed by atoms with Gasteiger partial charge in [-0.3, -0.25) is 14.6 Å². The van der Waals surface area contributed by atoms with E-state index in [2.05, 4.69) is 15.3 Å². The summed E-state index contributed by atoms with van der Waals surface area (Å²) in [7, 11) is 1.54. The van der Waals surface area contributed by atoms with Gasteiger partial charge in [0.1, 0.15) is 5.82 Å². The van der Waals surface area contributed by atoms with Crippen molar-refractivity contribution in [1.29, 1.82) is 0 Å². The lowest BCUT2D eigenvalue weighted by atomic mass is 10.4. The van der Waals surface area contributed by atoms with Gasteiger partial charge in [-0.1, -0.05) is 0 Å². The van der Waals surface area contributed by atoms with Crippen LogP contribution in [0.2, 0.25) is 0 Å². The summed E-state index contributed by atoms with van der Waals surface area (Å²) >= 11 is 0. The van der Waals surface area contributed by atoms with Crippen LogP contribution in [0.5, 0.6) is 0 Å². The van der Waals surface area contributed by atoms with E-state index in [1.54, 1.807) is 31.8 Å². The third-order valence-corrected chi connectivity index (χ3v) is 2.63. The first-order valence-corrected chi connectivity index (χ1v) is 5.92. The highest BCUT2D eigenvalue weighted by Gasteiger charge is 2.04. The van der Waals surface area contributed by atoms with Crippen LogP contribution in [-0.4, -0.2) is 25.6 Å². The first-order chi connectivity index (χ1) is 9.11. The number of aryl methyl sites for hydroxylation is 1. The van der Waals surface area contributed by atoms with Crippen molar-refractivity contribution < 1.29 is 0 Å². The zero-order chi connectivity index (χ0) is 13.8. The molecule has 0 amide bonds. The lowest BCUT2D eigenvalue weighted by Crippen LogP contribution is -2.39. The van der Waals surface area contributed by atoms with Crippen LogP contribution in [0, 0.1) is 0 Å². The van der Waals surface area contributed by atoms with Gasteiger partial charge in [0.2, 0.25) is 0 Å². The third-order valence-electron chi connectivity index (χ3n) is 2.63. The van der Waals surface area contributed by atoms with Crippen molar-refractivity contribution in [3.05, 3.63) is 51.2 Å². The third kappa shape index (κ3) is 2.87. The minimum atomic E-state index is -0.567. The summed E-state index contributed by atoms with van der Waals surface area (Å²) in [6.07, 6.45) is 6.29. The topological polar surface area (TPSA) is 81.8 Å². The molecule has 0 aliphatic heterocycles. The zero-order valence-electron chi connectivity index (χ0n) is 10.8. The number of rotatable bonds is 4. The predicted octanol–water partition coefficient (Wildman–Crippen LogP) is -0.183. The van der Waals surface area contributed by atoms with Crippen molar-refractivity contribution >= 4 is 5.82 Å². The summed E-state index contributed by atoms with van der Waals surface area (Å²) < 4.78 is 2.57. The molecule has 2 aromatic heterocycles. The van der Waals surface area contributed by atoms with Crippen molar-refractivity contribution in [2.45, 2.75) is 13.5 Å². The Hall–Kier alpha value is -2.44. The maximum Gasteiger partial charge on any atom is 0.316 e. The predicted molar refractivity (Wildman–Crippen MR) is 71.2 cm³/mol. The Kier molecular flexibility index (Phi) is 3.74. The number of aromatic nitrogens is 4. The van der Waals surface area contributed by atoms with Crippen LogP contribution in [0.3, 0.4) is 0 Å². The average Bonchev–Trinajstić information content (AvgIpc) is 2.42. The summed E-state index contributed by atoms with van der Waals surface area (Å²) in [6, 6.07) is 0. The van der Waals surface area contributed by atoms with Crippen LogP contribution >= 0.6 is 0 Å². The number of nitrogens with zero attached hydrogens (tertiary/aromatic N) is 4. The van der Waals surface area contributed by atoms with E-state index in [4.69, 9.17) is 0 Å². The average molecular weight is 261 g/mol. The molecule has 0 fully saturated rings. The molecule has 0 aromatic carbocycles. The van der Waals surface area contributed by atoms with E-state index in [1.165, 1.54) is 9.13 Å². The SMILES string of the molecule is CCNc1cnc(Cn2ccn(C)c(=O)c2=O)cn1. The number of hydrogen-bond donors (Lipinski definition) is 1.